The van der Waals surface area contributed by atoms with Gasteiger partial charge in [-0.15, -0.1) is 11.8 Å². The fraction of sp³-hybridized carbons (Fsp3) is 0.571. The van der Waals surface area contributed by atoms with Crippen molar-refractivity contribution in [3.8, 4) is 0 Å². The Balaban J connectivity index is 2.72. The predicted octanol–water partition coefficient (Wildman–Crippen LogP) is 4.59. The Kier molecular flexibility index (Phi) is 6.39. The molecular formula is C14H22ClNS. The normalized spacial score (nSPS) is 11.5. The maximum Gasteiger partial charge on any atom is 0.0545 e. The number of benzene rings is 1. The summed E-state index contributed by atoms with van der Waals surface area (Å²) in [5, 5.41) is 4.89. The summed E-state index contributed by atoms with van der Waals surface area (Å²) < 4.78 is 0. The minimum atomic E-state index is 0.554. The van der Waals surface area contributed by atoms with Crippen LogP contribution in [0, 0.1) is 5.92 Å². The van der Waals surface area contributed by atoms with Gasteiger partial charge in [0.25, 0.3) is 0 Å². The molecule has 1 N–H and O–H groups in total. The lowest BCUT2D eigenvalue weighted by Crippen LogP contribution is -2.19. The van der Waals surface area contributed by atoms with Gasteiger partial charge in [-0.25, -0.2) is 0 Å². The number of rotatable bonds is 6. The summed E-state index contributed by atoms with van der Waals surface area (Å²) in [4.78, 5) is 1.22. The van der Waals surface area contributed by atoms with Crippen molar-refractivity contribution in [2.45, 2.75) is 44.4 Å². The fourth-order valence-corrected chi connectivity index (χ4v) is 2.83. The lowest BCUT2D eigenvalue weighted by molar-refractivity contribution is 0.550. The minimum absolute atomic E-state index is 0.554. The van der Waals surface area contributed by atoms with Gasteiger partial charge in [-0.3, -0.25) is 0 Å². The van der Waals surface area contributed by atoms with Crippen molar-refractivity contribution in [3.63, 3.8) is 0 Å². The van der Waals surface area contributed by atoms with E-state index in [4.69, 9.17) is 11.6 Å². The molecule has 0 aliphatic heterocycles. The van der Waals surface area contributed by atoms with Gasteiger partial charge in [-0.1, -0.05) is 51.4 Å². The van der Waals surface area contributed by atoms with E-state index in [0.29, 0.717) is 11.2 Å². The first-order valence-corrected chi connectivity index (χ1v) is 7.41. The van der Waals surface area contributed by atoms with Crippen LogP contribution in [-0.2, 0) is 6.54 Å². The number of halogens is 1. The Bertz CT molecular complexity index is 350. The standard InChI is InChI=1S/C14H22ClNS/c1-10(2)8-16-9-12-6-5-7-13(15)14(12)17-11(3)4/h5-7,10-11,16H,8-9H2,1-4H3. The zero-order chi connectivity index (χ0) is 12.8. The highest BCUT2D eigenvalue weighted by Crippen LogP contribution is 2.33. The molecule has 0 saturated heterocycles. The zero-order valence-electron chi connectivity index (χ0n) is 11.1. The van der Waals surface area contributed by atoms with Crippen LogP contribution in [0.3, 0.4) is 0 Å². The molecule has 17 heavy (non-hydrogen) atoms. The third-order valence-electron chi connectivity index (χ3n) is 2.27. The van der Waals surface area contributed by atoms with Gasteiger partial charge in [0.2, 0.25) is 0 Å². The van der Waals surface area contributed by atoms with E-state index < -0.39 is 0 Å². The van der Waals surface area contributed by atoms with E-state index in [0.717, 1.165) is 18.1 Å². The van der Waals surface area contributed by atoms with Crippen LogP contribution in [0.1, 0.15) is 33.3 Å². The van der Waals surface area contributed by atoms with Crippen LogP contribution in [0.15, 0.2) is 23.1 Å². The molecule has 0 amide bonds. The van der Waals surface area contributed by atoms with Gasteiger partial charge in [0.1, 0.15) is 0 Å². The number of nitrogens with one attached hydrogen (secondary N) is 1. The molecule has 1 nitrogen and oxygen atoms in total. The first-order valence-electron chi connectivity index (χ1n) is 6.15. The summed E-state index contributed by atoms with van der Waals surface area (Å²) in [5.41, 5.74) is 1.30. The van der Waals surface area contributed by atoms with Crippen LogP contribution >= 0.6 is 23.4 Å². The highest BCUT2D eigenvalue weighted by atomic mass is 35.5. The van der Waals surface area contributed by atoms with E-state index in [-0.39, 0.29) is 0 Å². The predicted molar refractivity (Wildman–Crippen MR) is 79.0 cm³/mol. The molecule has 0 aliphatic rings. The van der Waals surface area contributed by atoms with Crippen LogP contribution < -0.4 is 5.32 Å². The largest absolute Gasteiger partial charge is 0.312 e. The molecule has 0 heterocycles. The molecule has 0 fully saturated rings. The third-order valence-corrected chi connectivity index (χ3v) is 3.89. The summed E-state index contributed by atoms with van der Waals surface area (Å²) in [5.74, 6) is 0.676. The average molecular weight is 272 g/mol. The molecule has 0 radical (unpaired) electrons. The maximum atomic E-state index is 6.27. The number of hydrogen-bond donors (Lipinski definition) is 1. The molecule has 0 bridgehead atoms. The molecule has 1 aromatic carbocycles. The Morgan fingerprint density at radius 3 is 2.53 bits per heavy atom. The van der Waals surface area contributed by atoms with Crippen molar-refractivity contribution in [1.29, 1.82) is 0 Å². The molecule has 0 aromatic heterocycles. The van der Waals surface area contributed by atoms with E-state index in [9.17, 15) is 0 Å². The van der Waals surface area contributed by atoms with Crippen LogP contribution in [0.2, 0.25) is 5.02 Å². The van der Waals surface area contributed by atoms with Crippen LogP contribution in [-0.4, -0.2) is 11.8 Å². The van der Waals surface area contributed by atoms with Crippen molar-refractivity contribution >= 4 is 23.4 Å². The Labute approximate surface area is 114 Å². The molecule has 0 saturated carbocycles. The third kappa shape index (κ3) is 5.33. The van der Waals surface area contributed by atoms with Gasteiger partial charge >= 0.3 is 0 Å². The molecule has 3 heteroatoms. The number of thioether (sulfide) groups is 1. The smallest absolute Gasteiger partial charge is 0.0545 e. The second-order valence-corrected chi connectivity index (χ2v) is 6.91. The van der Waals surface area contributed by atoms with E-state index in [2.05, 4.69) is 39.1 Å². The van der Waals surface area contributed by atoms with Gasteiger partial charge in [-0.05, 0) is 24.1 Å². The van der Waals surface area contributed by atoms with Crippen molar-refractivity contribution in [3.05, 3.63) is 28.8 Å². The van der Waals surface area contributed by atoms with Crippen molar-refractivity contribution < 1.29 is 0 Å². The first kappa shape index (κ1) is 14.9. The maximum absolute atomic E-state index is 6.27. The molecule has 0 spiro atoms. The van der Waals surface area contributed by atoms with Gasteiger partial charge < -0.3 is 5.32 Å². The summed E-state index contributed by atoms with van der Waals surface area (Å²) in [6.07, 6.45) is 0. The fourth-order valence-electron chi connectivity index (χ4n) is 1.56. The van der Waals surface area contributed by atoms with E-state index in [1.54, 1.807) is 0 Å². The Hall–Kier alpha value is -0.180. The van der Waals surface area contributed by atoms with Crippen molar-refractivity contribution in [2.75, 3.05) is 6.54 Å². The lowest BCUT2D eigenvalue weighted by Gasteiger charge is -2.14. The second kappa shape index (κ2) is 7.30. The monoisotopic (exact) mass is 271 g/mol. The summed E-state index contributed by atoms with van der Waals surface area (Å²) >= 11 is 8.10. The van der Waals surface area contributed by atoms with E-state index in [1.165, 1.54) is 10.5 Å². The van der Waals surface area contributed by atoms with Crippen molar-refractivity contribution in [1.82, 2.24) is 5.32 Å². The highest BCUT2D eigenvalue weighted by Gasteiger charge is 2.09. The van der Waals surface area contributed by atoms with Crippen molar-refractivity contribution in [2.24, 2.45) is 5.92 Å². The van der Waals surface area contributed by atoms with Gasteiger partial charge in [-0.2, -0.15) is 0 Å². The van der Waals surface area contributed by atoms with Crippen LogP contribution in [0.4, 0.5) is 0 Å². The quantitative estimate of drug-likeness (QED) is 0.760. The molecule has 0 unspecified atom stereocenters. The molecule has 0 aliphatic carbocycles. The van der Waals surface area contributed by atoms with Crippen LogP contribution in [0.25, 0.3) is 0 Å². The summed E-state index contributed by atoms with van der Waals surface area (Å²) in [7, 11) is 0. The molecule has 1 rings (SSSR count). The highest BCUT2D eigenvalue weighted by molar-refractivity contribution is 8.00. The molecular weight excluding hydrogens is 250 g/mol. The SMILES string of the molecule is CC(C)CNCc1cccc(Cl)c1SC(C)C. The average Bonchev–Trinajstić information content (AvgIpc) is 2.22. The molecule has 0 atom stereocenters. The summed E-state index contributed by atoms with van der Waals surface area (Å²) in [6.45, 7) is 10.8. The van der Waals surface area contributed by atoms with E-state index in [1.807, 2.05) is 23.9 Å². The lowest BCUT2D eigenvalue weighted by atomic mass is 10.2. The van der Waals surface area contributed by atoms with Crippen LogP contribution in [0.5, 0.6) is 0 Å². The number of hydrogen-bond acceptors (Lipinski definition) is 2. The second-order valence-electron chi connectivity index (χ2n) is 4.92. The molecule has 96 valence electrons. The minimum Gasteiger partial charge on any atom is -0.312 e. The first-order chi connectivity index (χ1) is 8.00. The summed E-state index contributed by atoms with van der Waals surface area (Å²) in [6, 6.07) is 6.15. The Morgan fingerprint density at radius 1 is 1.24 bits per heavy atom. The zero-order valence-corrected chi connectivity index (χ0v) is 12.7. The Morgan fingerprint density at radius 2 is 1.94 bits per heavy atom. The molecule has 1 aromatic rings. The van der Waals surface area contributed by atoms with E-state index >= 15 is 0 Å². The van der Waals surface area contributed by atoms with Gasteiger partial charge in [0, 0.05) is 16.7 Å². The van der Waals surface area contributed by atoms with Gasteiger partial charge in [0.05, 0.1) is 5.02 Å². The van der Waals surface area contributed by atoms with Gasteiger partial charge in [0.15, 0.2) is 0 Å². The topological polar surface area (TPSA) is 12.0 Å².